The molecule has 94 valence electrons. The molecular weight excluding hydrogens is 306 g/mol. The highest BCUT2D eigenvalue weighted by Crippen LogP contribution is 2.34. The predicted octanol–water partition coefficient (Wildman–Crippen LogP) is 1.45. The van der Waals surface area contributed by atoms with E-state index in [9.17, 15) is 19.7 Å². The molecule has 0 fully saturated rings. The molecule has 2 aromatic rings. The Hall–Kier alpha value is -1.96. The molecule has 0 atom stereocenters. The summed E-state index contributed by atoms with van der Waals surface area (Å²) in [5.41, 5.74) is -1.07. The average Bonchev–Trinajstić information content (AvgIpc) is 2.30. The van der Waals surface area contributed by atoms with Gasteiger partial charge in [0.1, 0.15) is 9.99 Å². The zero-order valence-electron chi connectivity index (χ0n) is 9.24. The minimum Gasteiger partial charge on any atom is -0.316 e. The Morgan fingerprint density at radius 3 is 2.50 bits per heavy atom. The van der Waals surface area contributed by atoms with E-state index >= 15 is 0 Å². The minimum absolute atomic E-state index is 0.00803. The second kappa shape index (κ2) is 4.37. The number of aryl methyl sites for hydroxylation is 1. The van der Waals surface area contributed by atoms with E-state index in [-0.39, 0.29) is 16.7 Å². The second-order valence-electron chi connectivity index (χ2n) is 3.64. The maximum Gasteiger partial charge on any atom is 0.314 e. The average molecular weight is 314 g/mol. The third-order valence-electron chi connectivity index (χ3n) is 2.57. The van der Waals surface area contributed by atoms with E-state index in [2.05, 4.69) is 25.9 Å². The van der Waals surface area contributed by atoms with Gasteiger partial charge in [-0.1, -0.05) is 6.92 Å². The van der Waals surface area contributed by atoms with Crippen LogP contribution in [0.5, 0.6) is 0 Å². The summed E-state index contributed by atoms with van der Waals surface area (Å²) in [6, 6.07) is 1.60. The Bertz CT molecular complexity index is 762. The van der Waals surface area contributed by atoms with Gasteiger partial charge in [-0.15, -0.1) is 0 Å². The molecule has 0 aliphatic carbocycles. The molecule has 0 bridgehead atoms. The molecule has 8 heteroatoms. The number of aromatic amines is 2. The smallest absolute Gasteiger partial charge is 0.314 e. The number of fused-ring (bicyclic) bond motifs is 1. The predicted molar refractivity (Wildman–Crippen MR) is 68.9 cm³/mol. The number of nitro benzene ring substituents is 1. The van der Waals surface area contributed by atoms with Crippen LogP contribution in [0.4, 0.5) is 5.69 Å². The molecule has 1 heterocycles. The normalized spacial score (nSPS) is 10.8. The van der Waals surface area contributed by atoms with E-state index in [0.717, 1.165) is 0 Å². The van der Waals surface area contributed by atoms with Crippen LogP contribution in [0.1, 0.15) is 12.5 Å². The molecule has 2 N–H and O–H groups in total. The highest BCUT2D eigenvalue weighted by Gasteiger charge is 2.21. The number of nitrogens with zero attached hydrogens (tertiary/aromatic N) is 1. The summed E-state index contributed by atoms with van der Waals surface area (Å²) in [4.78, 5) is 37.5. The summed E-state index contributed by atoms with van der Waals surface area (Å²) in [6.07, 6.45) is 0.554. The number of halogens is 1. The molecule has 18 heavy (non-hydrogen) atoms. The van der Waals surface area contributed by atoms with Crippen LogP contribution >= 0.6 is 15.9 Å². The first kappa shape index (κ1) is 12.5. The molecule has 1 aromatic heterocycles. The van der Waals surface area contributed by atoms with Crippen LogP contribution in [0.25, 0.3) is 11.0 Å². The van der Waals surface area contributed by atoms with Crippen molar-refractivity contribution in [3.05, 3.63) is 46.9 Å². The molecule has 0 unspecified atom stereocenters. The van der Waals surface area contributed by atoms with E-state index in [1.807, 2.05) is 6.92 Å². The fraction of sp³-hybridized carbons (Fsp3) is 0.200. The molecule has 7 nitrogen and oxygen atoms in total. The quantitative estimate of drug-likeness (QED) is 0.496. The Morgan fingerprint density at radius 2 is 1.94 bits per heavy atom. The van der Waals surface area contributed by atoms with Crippen molar-refractivity contribution in [2.75, 3.05) is 0 Å². The van der Waals surface area contributed by atoms with Crippen LogP contribution in [0.15, 0.2) is 20.1 Å². The van der Waals surface area contributed by atoms with Crippen LogP contribution in [-0.2, 0) is 6.42 Å². The lowest BCUT2D eigenvalue weighted by Gasteiger charge is -2.06. The van der Waals surface area contributed by atoms with E-state index < -0.39 is 16.0 Å². The maximum atomic E-state index is 11.2. The molecular formula is C10H8BrN3O4. The van der Waals surface area contributed by atoms with Gasteiger partial charge in [-0.25, -0.2) is 0 Å². The molecule has 0 saturated heterocycles. The van der Waals surface area contributed by atoms with Gasteiger partial charge in [0.25, 0.3) is 0 Å². The second-order valence-corrected chi connectivity index (χ2v) is 4.43. The van der Waals surface area contributed by atoms with E-state index in [1.165, 1.54) is 0 Å². The molecule has 2 rings (SSSR count). The van der Waals surface area contributed by atoms with Crippen LogP contribution in [0.3, 0.4) is 0 Å². The summed E-state index contributed by atoms with van der Waals surface area (Å²) in [6.45, 7) is 1.83. The highest BCUT2D eigenvalue weighted by molar-refractivity contribution is 9.10. The van der Waals surface area contributed by atoms with Crippen LogP contribution in [0.2, 0.25) is 0 Å². The number of benzene rings is 1. The molecule has 0 amide bonds. The van der Waals surface area contributed by atoms with Gasteiger partial charge in [0.15, 0.2) is 0 Å². The Kier molecular flexibility index (Phi) is 3.04. The first-order chi connectivity index (χ1) is 8.45. The standard InChI is InChI=1S/C10H8BrN3O4/c1-2-4-3-5-7(8(6(4)11)14(17)18)13-10(16)9(15)12-5/h3H,2H2,1H3,(H,12,15)(H,13,16). The maximum absolute atomic E-state index is 11.2. The lowest BCUT2D eigenvalue weighted by Crippen LogP contribution is -2.29. The fourth-order valence-electron chi connectivity index (χ4n) is 1.70. The molecule has 0 aliphatic rings. The number of aromatic nitrogens is 2. The van der Waals surface area contributed by atoms with Gasteiger partial charge < -0.3 is 9.97 Å². The number of H-pyrrole nitrogens is 2. The first-order valence-electron chi connectivity index (χ1n) is 5.07. The van der Waals surface area contributed by atoms with E-state index in [4.69, 9.17) is 0 Å². The number of nitro groups is 1. The van der Waals surface area contributed by atoms with Gasteiger partial charge in [-0.05, 0) is 34.0 Å². The molecule has 0 saturated carbocycles. The topological polar surface area (TPSA) is 109 Å². The number of rotatable bonds is 2. The molecule has 0 aliphatic heterocycles. The summed E-state index contributed by atoms with van der Waals surface area (Å²) >= 11 is 3.15. The number of nitrogens with one attached hydrogen (secondary N) is 2. The molecule has 0 radical (unpaired) electrons. The van der Waals surface area contributed by atoms with Gasteiger partial charge in [-0.3, -0.25) is 19.7 Å². The van der Waals surface area contributed by atoms with Crippen molar-refractivity contribution < 1.29 is 4.92 Å². The van der Waals surface area contributed by atoms with Gasteiger partial charge in [-0.2, -0.15) is 0 Å². The Balaban J connectivity index is 3.05. The summed E-state index contributed by atoms with van der Waals surface area (Å²) in [7, 11) is 0. The van der Waals surface area contributed by atoms with Crippen molar-refractivity contribution in [1.29, 1.82) is 0 Å². The SMILES string of the molecule is CCc1cc2[nH]c(=O)c(=O)[nH]c2c([N+](=O)[O-])c1Br. The third-order valence-corrected chi connectivity index (χ3v) is 3.46. The highest BCUT2D eigenvalue weighted by atomic mass is 79.9. The van der Waals surface area contributed by atoms with Crippen molar-refractivity contribution in [3.63, 3.8) is 0 Å². The van der Waals surface area contributed by atoms with Crippen molar-refractivity contribution in [1.82, 2.24) is 9.97 Å². The monoisotopic (exact) mass is 313 g/mol. The zero-order chi connectivity index (χ0) is 13.4. The third kappa shape index (κ3) is 1.84. The lowest BCUT2D eigenvalue weighted by molar-refractivity contribution is -0.384. The van der Waals surface area contributed by atoms with Crippen molar-refractivity contribution in [3.8, 4) is 0 Å². The fourth-order valence-corrected chi connectivity index (χ4v) is 2.44. The first-order valence-corrected chi connectivity index (χ1v) is 5.87. The minimum atomic E-state index is -0.915. The van der Waals surface area contributed by atoms with Gasteiger partial charge in [0.2, 0.25) is 0 Å². The van der Waals surface area contributed by atoms with E-state index in [0.29, 0.717) is 16.5 Å². The van der Waals surface area contributed by atoms with Crippen LogP contribution in [-0.4, -0.2) is 14.9 Å². The number of hydrogen-bond acceptors (Lipinski definition) is 4. The Labute approximate surface area is 108 Å². The van der Waals surface area contributed by atoms with Gasteiger partial charge in [0.05, 0.1) is 10.4 Å². The van der Waals surface area contributed by atoms with E-state index in [1.54, 1.807) is 6.07 Å². The lowest BCUT2D eigenvalue weighted by atomic mass is 10.1. The van der Waals surface area contributed by atoms with Gasteiger partial charge >= 0.3 is 16.8 Å². The molecule has 0 spiro atoms. The van der Waals surface area contributed by atoms with Crippen LogP contribution in [0, 0.1) is 10.1 Å². The molecule has 1 aromatic carbocycles. The number of hydrogen-bond donors (Lipinski definition) is 2. The van der Waals surface area contributed by atoms with Crippen molar-refractivity contribution in [2.45, 2.75) is 13.3 Å². The summed E-state index contributed by atoms with van der Waals surface area (Å²) in [5, 5.41) is 11.1. The van der Waals surface area contributed by atoms with Crippen molar-refractivity contribution in [2.24, 2.45) is 0 Å². The van der Waals surface area contributed by atoms with Crippen LogP contribution < -0.4 is 11.1 Å². The van der Waals surface area contributed by atoms with Crippen molar-refractivity contribution >= 4 is 32.7 Å². The Morgan fingerprint density at radius 1 is 1.33 bits per heavy atom. The summed E-state index contributed by atoms with van der Waals surface area (Å²) in [5.74, 6) is 0. The van der Waals surface area contributed by atoms with Gasteiger partial charge in [0, 0.05) is 0 Å². The largest absolute Gasteiger partial charge is 0.316 e. The zero-order valence-corrected chi connectivity index (χ0v) is 10.8. The summed E-state index contributed by atoms with van der Waals surface area (Å²) < 4.78 is 0.310.